The van der Waals surface area contributed by atoms with Crippen LogP contribution in [0.2, 0.25) is 0 Å². The molecule has 6 heteroatoms. The number of carbonyl (C=O) groups is 1. The highest BCUT2D eigenvalue weighted by Crippen LogP contribution is 2.26. The van der Waals surface area contributed by atoms with Crippen molar-refractivity contribution >= 4 is 27.3 Å². The van der Waals surface area contributed by atoms with Gasteiger partial charge in [0.15, 0.2) is 0 Å². The van der Waals surface area contributed by atoms with Crippen molar-refractivity contribution in [3.05, 3.63) is 90.0 Å². The average molecular weight is 409 g/mol. The molecular weight excluding hydrogens is 384 g/mol. The lowest BCUT2D eigenvalue weighted by atomic mass is 10.1. The van der Waals surface area contributed by atoms with Crippen molar-refractivity contribution in [3.8, 4) is 0 Å². The van der Waals surface area contributed by atoms with Gasteiger partial charge in [-0.2, -0.15) is 0 Å². The normalized spacial score (nSPS) is 11.1. The number of likely N-dealkylation sites (N-methyl/N-ethyl adjacent to an activating group) is 1. The quantitative estimate of drug-likeness (QED) is 0.615. The summed E-state index contributed by atoms with van der Waals surface area (Å²) in [6.07, 6.45) is 0. The molecular formula is C23H24N2O3S. The number of rotatable bonds is 6. The topological polar surface area (TPSA) is 57.7 Å². The van der Waals surface area contributed by atoms with E-state index in [-0.39, 0.29) is 17.3 Å². The van der Waals surface area contributed by atoms with Crippen LogP contribution in [0.15, 0.2) is 83.8 Å². The van der Waals surface area contributed by atoms with Gasteiger partial charge in [0, 0.05) is 12.7 Å². The Kier molecular flexibility index (Phi) is 6.03. The molecule has 0 N–H and O–H groups in total. The molecule has 3 aromatic carbocycles. The van der Waals surface area contributed by atoms with E-state index in [4.69, 9.17) is 0 Å². The van der Waals surface area contributed by atoms with Crippen LogP contribution in [0.3, 0.4) is 0 Å². The molecule has 0 atom stereocenters. The van der Waals surface area contributed by atoms with Gasteiger partial charge in [-0.05, 0) is 61.4 Å². The van der Waals surface area contributed by atoms with E-state index < -0.39 is 10.0 Å². The lowest BCUT2D eigenvalue weighted by Crippen LogP contribution is -2.41. The number of benzene rings is 3. The maximum Gasteiger partial charge on any atom is 0.264 e. The Labute approximate surface area is 172 Å². The number of aryl methyl sites for hydroxylation is 2. The zero-order valence-electron chi connectivity index (χ0n) is 16.7. The number of para-hydroxylation sites is 1. The van der Waals surface area contributed by atoms with E-state index >= 15 is 0 Å². The second-order valence-electron chi connectivity index (χ2n) is 6.88. The Morgan fingerprint density at radius 1 is 0.793 bits per heavy atom. The number of sulfonamides is 1. The van der Waals surface area contributed by atoms with Gasteiger partial charge in [-0.1, -0.05) is 42.5 Å². The molecule has 0 heterocycles. The molecule has 0 bridgehead atoms. The highest BCUT2D eigenvalue weighted by Gasteiger charge is 2.28. The molecule has 3 aromatic rings. The summed E-state index contributed by atoms with van der Waals surface area (Å²) in [4.78, 5) is 14.6. The van der Waals surface area contributed by atoms with E-state index in [9.17, 15) is 13.2 Å². The third-order valence-corrected chi connectivity index (χ3v) is 6.69. The largest absolute Gasteiger partial charge is 0.314 e. The summed E-state index contributed by atoms with van der Waals surface area (Å²) in [7, 11) is -2.26. The summed E-state index contributed by atoms with van der Waals surface area (Å²) >= 11 is 0. The molecule has 0 spiro atoms. The summed E-state index contributed by atoms with van der Waals surface area (Å²) in [5, 5.41) is 0. The minimum atomic E-state index is -3.91. The Balaban J connectivity index is 2.01. The molecule has 0 aliphatic rings. The fraction of sp³-hybridized carbons (Fsp3) is 0.174. The van der Waals surface area contributed by atoms with Crippen molar-refractivity contribution < 1.29 is 13.2 Å². The van der Waals surface area contributed by atoms with E-state index in [2.05, 4.69) is 0 Å². The van der Waals surface area contributed by atoms with E-state index in [1.807, 2.05) is 50.2 Å². The number of carbonyl (C=O) groups excluding carboxylic acids is 1. The van der Waals surface area contributed by atoms with Crippen molar-refractivity contribution in [2.75, 3.05) is 22.8 Å². The Bertz CT molecular complexity index is 1100. The van der Waals surface area contributed by atoms with Crippen LogP contribution in [0.1, 0.15) is 11.1 Å². The van der Waals surface area contributed by atoms with Crippen molar-refractivity contribution in [2.24, 2.45) is 0 Å². The standard InChI is InChI=1S/C23H24N2O3S/c1-18-14-15-21(16-19(18)2)25(29(27,28)22-12-8-5-9-13-22)17-23(26)24(3)20-10-6-4-7-11-20/h4-16H,17H2,1-3H3. The van der Waals surface area contributed by atoms with Gasteiger partial charge in [0.05, 0.1) is 10.6 Å². The molecule has 0 fully saturated rings. The molecule has 0 saturated carbocycles. The maximum absolute atomic E-state index is 13.4. The number of hydrogen-bond donors (Lipinski definition) is 0. The van der Waals surface area contributed by atoms with Crippen molar-refractivity contribution in [3.63, 3.8) is 0 Å². The second kappa shape index (κ2) is 8.49. The number of hydrogen-bond acceptors (Lipinski definition) is 3. The Morgan fingerprint density at radius 3 is 1.97 bits per heavy atom. The summed E-state index contributed by atoms with van der Waals surface area (Å²) in [6, 6.07) is 22.7. The van der Waals surface area contributed by atoms with E-state index in [1.165, 1.54) is 21.3 Å². The smallest absolute Gasteiger partial charge is 0.264 e. The molecule has 0 saturated heterocycles. The summed E-state index contributed by atoms with van der Waals surface area (Å²) in [6.45, 7) is 3.58. The zero-order chi connectivity index (χ0) is 21.0. The molecule has 0 aromatic heterocycles. The van der Waals surface area contributed by atoms with Crippen LogP contribution in [0.4, 0.5) is 11.4 Å². The molecule has 0 aliphatic heterocycles. The van der Waals surface area contributed by atoms with Gasteiger partial charge >= 0.3 is 0 Å². The number of nitrogens with zero attached hydrogens (tertiary/aromatic N) is 2. The van der Waals surface area contributed by atoms with Crippen LogP contribution >= 0.6 is 0 Å². The SMILES string of the molecule is Cc1ccc(N(CC(=O)N(C)c2ccccc2)S(=O)(=O)c2ccccc2)cc1C. The average Bonchev–Trinajstić information content (AvgIpc) is 2.74. The molecule has 150 valence electrons. The van der Waals surface area contributed by atoms with Crippen LogP contribution < -0.4 is 9.21 Å². The lowest BCUT2D eigenvalue weighted by molar-refractivity contribution is -0.116. The van der Waals surface area contributed by atoms with Crippen molar-refractivity contribution in [1.82, 2.24) is 0 Å². The first-order chi connectivity index (χ1) is 13.8. The third-order valence-electron chi connectivity index (χ3n) is 4.91. The zero-order valence-corrected chi connectivity index (χ0v) is 17.6. The molecule has 0 unspecified atom stereocenters. The van der Waals surface area contributed by atoms with Gasteiger partial charge in [-0.3, -0.25) is 9.10 Å². The highest BCUT2D eigenvalue weighted by atomic mass is 32.2. The van der Waals surface area contributed by atoms with Gasteiger partial charge in [-0.15, -0.1) is 0 Å². The van der Waals surface area contributed by atoms with Gasteiger partial charge in [-0.25, -0.2) is 8.42 Å². The van der Waals surface area contributed by atoms with Crippen molar-refractivity contribution in [1.29, 1.82) is 0 Å². The lowest BCUT2D eigenvalue weighted by Gasteiger charge is -2.27. The van der Waals surface area contributed by atoms with Gasteiger partial charge in [0.25, 0.3) is 10.0 Å². The minimum Gasteiger partial charge on any atom is -0.314 e. The van der Waals surface area contributed by atoms with Crippen LogP contribution in [0, 0.1) is 13.8 Å². The predicted octanol–water partition coefficient (Wildman–Crippen LogP) is 4.16. The third kappa shape index (κ3) is 4.49. The number of anilines is 2. The first-order valence-electron chi connectivity index (χ1n) is 9.27. The predicted molar refractivity (Wildman–Crippen MR) is 117 cm³/mol. The van der Waals surface area contributed by atoms with Gasteiger partial charge in [0.1, 0.15) is 6.54 Å². The van der Waals surface area contributed by atoms with Crippen molar-refractivity contribution in [2.45, 2.75) is 18.7 Å². The van der Waals surface area contributed by atoms with Crippen LogP contribution in [0.5, 0.6) is 0 Å². The highest BCUT2D eigenvalue weighted by molar-refractivity contribution is 7.92. The molecule has 0 aliphatic carbocycles. The monoisotopic (exact) mass is 408 g/mol. The Morgan fingerprint density at radius 2 is 1.38 bits per heavy atom. The minimum absolute atomic E-state index is 0.147. The number of amides is 1. The fourth-order valence-corrected chi connectivity index (χ4v) is 4.37. The maximum atomic E-state index is 13.4. The second-order valence-corrected chi connectivity index (χ2v) is 8.74. The molecule has 5 nitrogen and oxygen atoms in total. The summed E-state index contributed by atoms with van der Waals surface area (Å²) in [5.41, 5.74) is 3.18. The first-order valence-corrected chi connectivity index (χ1v) is 10.7. The van der Waals surface area contributed by atoms with Gasteiger partial charge in [0.2, 0.25) is 5.91 Å². The molecule has 3 rings (SSSR count). The van der Waals surface area contributed by atoms with Crippen LogP contribution in [-0.4, -0.2) is 27.9 Å². The van der Waals surface area contributed by atoms with E-state index in [0.717, 1.165) is 11.1 Å². The Hall–Kier alpha value is -3.12. The fourth-order valence-electron chi connectivity index (χ4n) is 2.94. The first kappa shape index (κ1) is 20.6. The molecule has 0 radical (unpaired) electrons. The van der Waals surface area contributed by atoms with Crippen LogP contribution in [0.25, 0.3) is 0 Å². The van der Waals surface area contributed by atoms with Crippen LogP contribution in [-0.2, 0) is 14.8 Å². The summed E-state index contributed by atoms with van der Waals surface area (Å²) in [5.74, 6) is -0.325. The molecule has 29 heavy (non-hydrogen) atoms. The molecule has 1 amide bonds. The van der Waals surface area contributed by atoms with E-state index in [0.29, 0.717) is 11.4 Å². The van der Waals surface area contributed by atoms with Gasteiger partial charge < -0.3 is 4.90 Å². The summed E-state index contributed by atoms with van der Waals surface area (Å²) < 4.78 is 27.9. The van der Waals surface area contributed by atoms with E-state index in [1.54, 1.807) is 37.4 Å².